The summed E-state index contributed by atoms with van der Waals surface area (Å²) < 4.78 is 5.76. The molecule has 1 heterocycles. The summed E-state index contributed by atoms with van der Waals surface area (Å²) in [5.74, 6) is 0.965. The van der Waals surface area contributed by atoms with Crippen LogP contribution in [0.5, 0.6) is 5.75 Å². The van der Waals surface area contributed by atoms with Gasteiger partial charge in [-0.2, -0.15) is 0 Å². The average Bonchev–Trinajstić information content (AvgIpc) is 2.84. The molecule has 0 aliphatic carbocycles. The number of aryl methyl sites for hydroxylation is 1. The largest absolute Gasteiger partial charge is 0.491 e. The summed E-state index contributed by atoms with van der Waals surface area (Å²) in [7, 11) is 0. The van der Waals surface area contributed by atoms with Crippen LogP contribution in [0.1, 0.15) is 43.9 Å². The molecule has 1 fully saturated rings. The van der Waals surface area contributed by atoms with Crippen molar-refractivity contribution in [2.75, 3.05) is 19.6 Å². The third-order valence-electron chi connectivity index (χ3n) is 3.64. The lowest BCUT2D eigenvalue weighted by Gasteiger charge is -2.21. The zero-order valence-corrected chi connectivity index (χ0v) is 12.4. The molecule has 2 rings (SSSR count). The van der Waals surface area contributed by atoms with Gasteiger partial charge in [0.2, 0.25) is 0 Å². The van der Waals surface area contributed by atoms with Crippen LogP contribution in [0.2, 0.25) is 0 Å². The van der Waals surface area contributed by atoms with E-state index in [1.54, 1.807) is 0 Å². The van der Waals surface area contributed by atoms with Crippen LogP contribution in [0, 0.1) is 6.92 Å². The van der Waals surface area contributed by atoms with Crippen molar-refractivity contribution in [2.24, 2.45) is 5.73 Å². The Bertz CT molecular complexity index is 411. The molecular weight excluding hydrogens is 236 g/mol. The predicted octanol–water partition coefficient (Wildman–Crippen LogP) is 2.88. The van der Waals surface area contributed by atoms with Crippen LogP contribution >= 0.6 is 0 Å². The Morgan fingerprint density at radius 3 is 2.53 bits per heavy atom. The lowest BCUT2D eigenvalue weighted by atomic mass is 10.0. The van der Waals surface area contributed by atoms with Crippen molar-refractivity contribution in [1.29, 1.82) is 0 Å². The Balaban J connectivity index is 2.01. The molecule has 3 nitrogen and oxygen atoms in total. The van der Waals surface area contributed by atoms with E-state index in [2.05, 4.69) is 30.0 Å². The quantitative estimate of drug-likeness (QED) is 0.886. The summed E-state index contributed by atoms with van der Waals surface area (Å²) >= 11 is 0. The molecule has 1 aromatic carbocycles. The molecule has 1 saturated heterocycles. The van der Waals surface area contributed by atoms with Crippen molar-refractivity contribution >= 4 is 0 Å². The van der Waals surface area contributed by atoms with Crippen molar-refractivity contribution in [2.45, 2.75) is 45.8 Å². The smallest absolute Gasteiger partial charge is 0.122 e. The Morgan fingerprint density at radius 2 is 1.95 bits per heavy atom. The van der Waals surface area contributed by atoms with E-state index in [1.807, 2.05) is 13.8 Å². The molecule has 1 unspecified atom stereocenters. The third-order valence-corrected chi connectivity index (χ3v) is 3.64. The first-order valence-corrected chi connectivity index (χ1v) is 7.31. The van der Waals surface area contributed by atoms with Gasteiger partial charge < -0.3 is 15.4 Å². The van der Waals surface area contributed by atoms with E-state index in [9.17, 15) is 0 Å². The first kappa shape index (κ1) is 14.4. The van der Waals surface area contributed by atoms with Crippen LogP contribution < -0.4 is 10.5 Å². The topological polar surface area (TPSA) is 38.5 Å². The van der Waals surface area contributed by atoms with Gasteiger partial charge in [-0.25, -0.2) is 0 Å². The second kappa shape index (κ2) is 6.40. The van der Waals surface area contributed by atoms with Crippen LogP contribution in [0.25, 0.3) is 0 Å². The molecule has 1 aliphatic heterocycles. The molecule has 0 aromatic heterocycles. The number of benzene rings is 1. The predicted molar refractivity (Wildman–Crippen MR) is 79.5 cm³/mol. The third kappa shape index (κ3) is 3.95. The van der Waals surface area contributed by atoms with Crippen LogP contribution in [0.3, 0.4) is 0 Å². The summed E-state index contributed by atoms with van der Waals surface area (Å²) in [6.07, 6.45) is 2.84. The lowest BCUT2D eigenvalue weighted by molar-refractivity contribution is 0.240. The molecule has 0 bridgehead atoms. The van der Waals surface area contributed by atoms with Gasteiger partial charge in [0, 0.05) is 12.6 Å². The Hall–Kier alpha value is -1.06. The molecule has 1 aliphatic rings. The SMILES string of the molecule is Cc1cc(C(N)CN2CCCC2)ccc1OC(C)C. The maximum absolute atomic E-state index is 6.31. The maximum atomic E-state index is 6.31. The van der Waals surface area contributed by atoms with Gasteiger partial charge in [-0.05, 0) is 63.9 Å². The Labute approximate surface area is 116 Å². The van der Waals surface area contributed by atoms with Crippen molar-refractivity contribution in [3.8, 4) is 5.75 Å². The second-order valence-electron chi connectivity index (χ2n) is 5.81. The number of ether oxygens (including phenoxy) is 1. The van der Waals surface area contributed by atoms with E-state index < -0.39 is 0 Å². The van der Waals surface area contributed by atoms with Gasteiger partial charge in [0.15, 0.2) is 0 Å². The van der Waals surface area contributed by atoms with Gasteiger partial charge in [0.25, 0.3) is 0 Å². The molecule has 0 spiro atoms. The van der Waals surface area contributed by atoms with E-state index >= 15 is 0 Å². The van der Waals surface area contributed by atoms with Gasteiger partial charge in [-0.3, -0.25) is 0 Å². The summed E-state index contributed by atoms with van der Waals surface area (Å²) in [5, 5.41) is 0. The van der Waals surface area contributed by atoms with Crippen molar-refractivity contribution < 1.29 is 4.74 Å². The Kier molecular flexibility index (Phi) is 4.83. The number of rotatable bonds is 5. The molecule has 1 atom stereocenters. The fourth-order valence-electron chi connectivity index (χ4n) is 2.64. The normalized spacial score (nSPS) is 17.9. The second-order valence-corrected chi connectivity index (χ2v) is 5.81. The van der Waals surface area contributed by atoms with E-state index in [4.69, 9.17) is 10.5 Å². The standard InChI is InChI=1S/C16H26N2O/c1-12(2)19-16-7-6-14(10-13(16)3)15(17)11-18-8-4-5-9-18/h6-7,10,12,15H,4-5,8-9,11,17H2,1-3H3. The number of hydrogen-bond donors (Lipinski definition) is 1. The lowest BCUT2D eigenvalue weighted by Crippen LogP contribution is -2.29. The van der Waals surface area contributed by atoms with Crippen LogP contribution in [0.15, 0.2) is 18.2 Å². The summed E-state index contributed by atoms with van der Waals surface area (Å²) in [5.41, 5.74) is 8.69. The van der Waals surface area contributed by atoms with Crippen molar-refractivity contribution in [3.05, 3.63) is 29.3 Å². The highest BCUT2D eigenvalue weighted by atomic mass is 16.5. The highest BCUT2D eigenvalue weighted by molar-refractivity contribution is 5.37. The fourth-order valence-corrected chi connectivity index (χ4v) is 2.64. The summed E-state index contributed by atoms with van der Waals surface area (Å²) in [6, 6.07) is 6.42. The highest BCUT2D eigenvalue weighted by Gasteiger charge is 2.16. The van der Waals surface area contributed by atoms with Crippen LogP contribution in [-0.4, -0.2) is 30.6 Å². The number of nitrogens with zero attached hydrogens (tertiary/aromatic N) is 1. The van der Waals surface area contributed by atoms with Crippen LogP contribution in [-0.2, 0) is 0 Å². The summed E-state index contributed by atoms with van der Waals surface area (Å²) in [6.45, 7) is 9.54. The minimum absolute atomic E-state index is 0.102. The van der Waals surface area contributed by atoms with Crippen LogP contribution in [0.4, 0.5) is 0 Å². The number of nitrogens with two attached hydrogens (primary N) is 1. The van der Waals surface area contributed by atoms with Gasteiger partial charge in [-0.15, -0.1) is 0 Å². The number of hydrogen-bond acceptors (Lipinski definition) is 3. The first-order valence-electron chi connectivity index (χ1n) is 7.31. The molecular formula is C16H26N2O. The Morgan fingerprint density at radius 1 is 1.26 bits per heavy atom. The zero-order valence-electron chi connectivity index (χ0n) is 12.4. The average molecular weight is 262 g/mol. The van der Waals surface area contributed by atoms with E-state index in [0.717, 1.165) is 12.3 Å². The van der Waals surface area contributed by atoms with E-state index in [1.165, 1.54) is 37.1 Å². The molecule has 0 radical (unpaired) electrons. The molecule has 3 heteroatoms. The maximum Gasteiger partial charge on any atom is 0.122 e. The van der Waals surface area contributed by atoms with Gasteiger partial charge in [-0.1, -0.05) is 12.1 Å². The molecule has 2 N–H and O–H groups in total. The molecule has 1 aromatic rings. The zero-order chi connectivity index (χ0) is 13.8. The highest BCUT2D eigenvalue weighted by Crippen LogP contribution is 2.24. The van der Waals surface area contributed by atoms with Gasteiger partial charge >= 0.3 is 0 Å². The van der Waals surface area contributed by atoms with E-state index in [0.29, 0.717) is 0 Å². The van der Waals surface area contributed by atoms with Gasteiger partial charge in [0.1, 0.15) is 5.75 Å². The molecule has 19 heavy (non-hydrogen) atoms. The monoisotopic (exact) mass is 262 g/mol. The minimum Gasteiger partial charge on any atom is -0.491 e. The van der Waals surface area contributed by atoms with Crippen molar-refractivity contribution in [3.63, 3.8) is 0 Å². The van der Waals surface area contributed by atoms with Gasteiger partial charge in [0.05, 0.1) is 6.10 Å². The molecule has 0 amide bonds. The number of likely N-dealkylation sites (tertiary alicyclic amines) is 1. The first-order chi connectivity index (χ1) is 9.06. The fraction of sp³-hybridized carbons (Fsp3) is 0.625. The molecule has 0 saturated carbocycles. The van der Waals surface area contributed by atoms with E-state index in [-0.39, 0.29) is 12.1 Å². The summed E-state index contributed by atoms with van der Waals surface area (Å²) in [4.78, 5) is 2.46. The van der Waals surface area contributed by atoms with Crippen molar-refractivity contribution in [1.82, 2.24) is 4.90 Å². The molecule has 106 valence electrons. The minimum atomic E-state index is 0.102.